The predicted molar refractivity (Wildman–Crippen MR) is 117 cm³/mol. The van der Waals surface area contributed by atoms with Crippen molar-refractivity contribution in [2.24, 2.45) is 0 Å². The molecular formula is C21H16BrClF2N4O. The van der Waals surface area contributed by atoms with Crippen LogP contribution in [-0.2, 0) is 6.54 Å². The number of hydrogen-bond donors (Lipinski definition) is 0. The highest BCUT2D eigenvalue weighted by Crippen LogP contribution is 2.32. The molecule has 0 saturated heterocycles. The first kappa shape index (κ1) is 20.7. The van der Waals surface area contributed by atoms with Crippen LogP contribution < -0.4 is 5.56 Å². The van der Waals surface area contributed by atoms with Crippen LogP contribution in [0.15, 0.2) is 57.8 Å². The number of aromatic nitrogens is 4. The lowest BCUT2D eigenvalue weighted by Gasteiger charge is -2.14. The molecule has 2 heterocycles. The molecule has 0 atom stereocenters. The molecule has 154 valence electrons. The molecule has 30 heavy (non-hydrogen) atoms. The Hall–Kier alpha value is -2.58. The van der Waals surface area contributed by atoms with Crippen molar-refractivity contribution in [1.82, 2.24) is 19.3 Å². The van der Waals surface area contributed by atoms with E-state index in [1.54, 1.807) is 28.9 Å². The summed E-state index contributed by atoms with van der Waals surface area (Å²) in [6, 6.07) is 14.5. The Kier molecular flexibility index (Phi) is 5.23. The molecule has 0 aliphatic heterocycles. The van der Waals surface area contributed by atoms with E-state index < -0.39 is 18.0 Å². The van der Waals surface area contributed by atoms with Crippen LogP contribution in [0.2, 0.25) is 5.02 Å². The van der Waals surface area contributed by atoms with Crippen LogP contribution in [-0.4, -0.2) is 25.3 Å². The van der Waals surface area contributed by atoms with E-state index in [0.29, 0.717) is 21.9 Å². The maximum Gasteiger partial charge on any atom is 0.282 e. The summed E-state index contributed by atoms with van der Waals surface area (Å²) in [6.07, 6.45) is 0. The number of para-hydroxylation sites is 1. The molecule has 0 aliphatic carbocycles. The molecule has 0 aliphatic rings. The Morgan fingerprint density at radius 1 is 1.10 bits per heavy atom. The molecule has 0 amide bonds. The van der Waals surface area contributed by atoms with Crippen molar-refractivity contribution >= 4 is 38.6 Å². The van der Waals surface area contributed by atoms with E-state index in [1.807, 2.05) is 24.3 Å². The molecule has 4 rings (SSSR count). The molecular weight excluding hydrogens is 478 g/mol. The topological polar surface area (TPSA) is 52.7 Å². The molecule has 9 heteroatoms. The van der Waals surface area contributed by atoms with Gasteiger partial charge in [0, 0.05) is 17.0 Å². The third-order valence-electron chi connectivity index (χ3n) is 4.61. The fraction of sp³-hybridized carbons (Fsp3) is 0.190. The molecule has 0 N–H and O–H groups in total. The molecule has 0 bridgehead atoms. The maximum absolute atomic E-state index is 13.6. The zero-order chi connectivity index (χ0) is 21.6. The summed E-state index contributed by atoms with van der Waals surface area (Å²) in [5.74, 6) is -2.88. The van der Waals surface area contributed by atoms with Gasteiger partial charge in [-0.25, -0.2) is 18.4 Å². The molecule has 0 saturated carbocycles. The zero-order valence-corrected chi connectivity index (χ0v) is 18.4. The van der Waals surface area contributed by atoms with Crippen molar-refractivity contribution in [2.45, 2.75) is 26.3 Å². The zero-order valence-electron chi connectivity index (χ0n) is 16.0. The second-order valence-electron chi connectivity index (χ2n) is 7.04. The van der Waals surface area contributed by atoms with Crippen LogP contribution in [0.25, 0.3) is 28.0 Å². The van der Waals surface area contributed by atoms with Crippen LogP contribution in [0, 0.1) is 6.92 Å². The number of rotatable bonds is 4. The van der Waals surface area contributed by atoms with E-state index in [2.05, 4.69) is 26.0 Å². The SMILES string of the molecule is Cc1nc2c(-c3ccc(Br)cc3)n(-c3ccccc3Cl)nc2c(=O)n1CC(C)(F)F. The van der Waals surface area contributed by atoms with Crippen LogP contribution in [0.5, 0.6) is 0 Å². The van der Waals surface area contributed by atoms with Gasteiger partial charge >= 0.3 is 0 Å². The summed E-state index contributed by atoms with van der Waals surface area (Å²) in [6.45, 7) is 1.52. The van der Waals surface area contributed by atoms with E-state index in [9.17, 15) is 13.6 Å². The highest BCUT2D eigenvalue weighted by Gasteiger charge is 2.27. The number of benzene rings is 2. The molecule has 0 fully saturated rings. The Labute approximate surface area is 184 Å². The lowest BCUT2D eigenvalue weighted by molar-refractivity contribution is 0.00222. The monoisotopic (exact) mass is 492 g/mol. The van der Waals surface area contributed by atoms with Crippen LogP contribution in [0.4, 0.5) is 8.78 Å². The van der Waals surface area contributed by atoms with Gasteiger partial charge < -0.3 is 0 Å². The third-order valence-corrected chi connectivity index (χ3v) is 5.45. The number of aryl methyl sites for hydroxylation is 1. The first-order chi connectivity index (χ1) is 14.2. The fourth-order valence-corrected chi connectivity index (χ4v) is 3.77. The van der Waals surface area contributed by atoms with E-state index >= 15 is 0 Å². The molecule has 0 spiro atoms. The van der Waals surface area contributed by atoms with Crippen molar-refractivity contribution in [3.8, 4) is 16.9 Å². The lowest BCUT2D eigenvalue weighted by Crippen LogP contribution is -2.31. The second-order valence-corrected chi connectivity index (χ2v) is 8.36. The van der Waals surface area contributed by atoms with Crippen molar-refractivity contribution in [3.63, 3.8) is 0 Å². The van der Waals surface area contributed by atoms with Gasteiger partial charge in [0.1, 0.15) is 17.0 Å². The fourth-order valence-electron chi connectivity index (χ4n) is 3.29. The molecule has 4 aromatic rings. The Morgan fingerprint density at radius 3 is 2.40 bits per heavy atom. The number of nitrogens with zero attached hydrogens (tertiary/aromatic N) is 4. The average molecular weight is 494 g/mol. The minimum Gasteiger partial charge on any atom is -0.289 e. The predicted octanol–water partition coefficient (Wildman–Crippen LogP) is 5.63. The highest BCUT2D eigenvalue weighted by atomic mass is 79.9. The number of hydrogen-bond acceptors (Lipinski definition) is 3. The summed E-state index contributed by atoms with van der Waals surface area (Å²) in [5, 5.41) is 4.88. The number of alkyl halides is 2. The van der Waals surface area contributed by atoms with Gasteiger partial charge in [-0.05, 0) is 31.2 Å². The van der Waals surface area contributed by atoms with Gasteiger partial charge in [0.15, 0.2) is 5.52 Å². The number of fused-ring (bicyclic) bond motifs is 1. The first-order valence-electron chi connectivity index (χ1n) is 9.04. The second kappa shape index (κ2) is 7.59. The van der Waals surface area contributed by atoms with E-state index in [1.165, 1.54) is 6.92 Å². The summed E-state index contributed by atoms with van der Waals surface area (Å²) < 4.78 is 30.7. The molecule has 5 nitrogen and oxygen atoms in total. The molecule has 0 unspecified atom stereocenters. The van der Waals surface area contributed by atoms with E-state index in [0.717, 1.165) is 21.5 Å². The van der Waals surface area contributed by atoms with Crippen molar-refractivity contribution in [1.29, 1.82) is 0 Å². The van der Waals surface area contributed by atoms with Crippen LogP contribution >= 0.6 is 27.5 Å². The molecule has 0 radical (unpaired) electrons. The smallest absolute Gasteiger partial charge is 0.282 e. The van der Waals surface area contributed by atoms with Crippen LogP contribution in [0.3, 0.4) is 0 Å². The minimum atomic E-state index is -3.07. The summed E-state index contributed by atoms with van der Waals surface area (Å²) in [7, 11) is 0. The normalized spacial score (nSPS) is 11.9. The van der Waals surface area contributed by atoms with Crippen molar-refractivity contribution in [2.75, 3.05) is 0 Å². The quantitative estimate of drug-likeness (QED) is 0.370. The lowest BCUT2D eigenvalue weighted by atomic mass is 10.1. The van der Waals surface area contributed by atoms with Gasteiger partial charge in [0.2, 0.25) is 0 Å². The van der Waals surface area contributed by atoms with Gasteiger partial charge in [-0.2, -0.15) is 5.10 Å². The van der Waals surface area contributed by atoms with E-state index in [4.69, 9.17) is 11.6 Å². The van der Waals surface area contributed by atoms with Crippen molar-refractivity contribution < 1.29 is 8.78 Å². The minimum absolute atomic E-state index is 0.00249. The molecule has 2 aromatic heterocycles. The van der Waals surface area contributed by atoms with Crippen LogP contribution in [0.1, 0.15) is 12.7 Å². The van der Waals surface area contributed by atoms with Crippen molar-refractivity contribution in [3.05, 3.63) is 74.2 Å². The van der Waals surface area contributed by atoms with Gasteiger partial charge in [-0.15, -0.1) is 0 Å². The third kappa shape index (κ3) is 3.77. The maximum atomic E-state index is 13.6. The molecule has 2 aromatic carbocycles. The van der Waals surface area contributed by atoms with Gasteiger partial charge in [-0.1, -0.05) is 51.8 Å². The Morgan fingerprint density at radius 2 is 1.77 bits per heavy atom. The summed E-state index contributed by atoms with van der Waals surface area (Å²) >= 11 is 9.80. The summed E-state index contributed by atoms with van der Waals surface area (Å²) in [5.41, 5.74) is 1.58. The van der Waals surface area contributed by atoms with Gasteiger partial charge in [-0.3, -0.25) is 9.36 Å². The Bertz CT molecular complexity index is 1310. The highest BCUT2D eigenvalue weighted by molar-refractivity contribution is 9.10. The standard InChI is InChI=1S/C21H16BrClF2N4O/c1-12-26-17-18(20(30)28(12)11-21(2,24)25)27-29(16-6-4-3-5-15(16)23)19(17)13-7-9-14(22)10-8-13/h3-10H,11H2,1-2H3. The van der Waals surface area contributed by atoms with E-state index in [-0.39, 0.29) is 11.3 Å². The summed E-state index contributed by atoms with van der Waals surface area (Å²) in [4.78, 5) is 17.6. The average Bonchev–Trinajstić information content (AvgIpc) is 3.04. The number of halogens is 4. The largest absolute Gasteiger partial charge is 0.289 e. The van der Waals surface area contributed by atoms with Gasteiger partial charge in [0.25, 0.3) is 11.5 Å². The Balaban J connectivity index is 2.08. The first-order valence-corrected chi connectivity index (χ1v) is 10.2. The van der Waals surface area contributed by atoms with Gasteiger partial charge in [0.05, 0.1) is 17.3 Å².